The van der Waals surface area contributed by atoms with E-state index in [-0.39, 0.29) is 17.1 Å². The molecule has 8 atom stereocenters. The van der Waals surface area contributed by atoms with E-state index >= 15 is 0 Å². The molecule has 0 aliphatic heterocycles. The summed E-state index contributed by atoms with van der Waals surface area (Å²) in [6.45, 7) is 8.92. The molecule has 0 amide bonds. The van der Waals surface area contributed by atoms with Crippen LogP contribution in [0.4, 0.5) is 0 Å². The highest BCUT2D eigenvalue weighted by Crippen LogP contribution is 2.65. The first-order valence-corrected chi connectivity index (χ1v) is 11.0. The first kappa shape index (κ1) is 19.7. The van der Waals surface area contributed by atoms with Gasteiger partial charge < -0.3 is 5.11 Å². The Morgan fingerprint density at radius 2 is 1.93 bits per heavy atom. The van der Waals surface area contributed by atoms with Crippen LogP contribution in [0.15, 0.2) is 36.0 Å². The molecule has 3 nitrogen and oxygen atoms in total. The van der Waals surface area contributed by atoms with Crippen molar-refractivity contribution < 1.29 is 14.7 Å². The van der Waals surface area contributed by atoms with Gasteiger partial charge in [0.15, 0.2) is 5.78 Å². The summed E-state index contributed by atoms with van der Waals surface area (Å²) in [4.78, 5) is 23.2. The summed E-state index contributed by atoms with van der Waals surface area (Å²) >= 11 is 0. The molecule has 4 aliphatic carbocycles. The molecule has 4 rings (SSSR count). The zero-order chi connectivity index (χ0) is 20.3. The Morgan fingerprint density at radius 3 is 2.64 bits per heavy atom. The van der Waals surface area contributed by atoms with Crippen LogP contribution in [0.2, 0.25) is 0 Å². The van der Waals surface area contributed by atoms with Gasteiger partial charge in [-0.15, -0.1) is 0 Å². The van der Waals surface area contributed by atoms with Gasteiger partial charge in [0.2, 0.25) is 0 Å². The second-order valence-corrected chi connectivity index (χ2v) is 10.4. The maximum Gasteiger partial charge on any atom is 0.306 e. The molecule has 0 saturated heterocycles. The van der Waals surface area contributed by atoms with Crippen molar-refractivity contribution in [1.29, 1.82) is 0 Å². The average molecular weight is 383 g/mol. The predicted molar refractivity (Wildman–Crippen MR) is 111 cm³/mol. The van der Waals surface area contributed by atoms with Crippen molar-refractivity contribution in [3.8, 4) is 0 Å². The molecule has 28 heavy (non-hydrogen) atoms. The fourth-order valence-electron chi connectivity index (χ4n) is 7.45. The number of hydrogen-bond acceptors (Lipinski definition) is 2. The zero-order valence-electron chi connectivity index (χ0n) is 17.7. The third-order valence-corrected chi connectivity index (χ3v) is 9.02. The predicted octanol–water partition coefficient (Wildman–Crippen LogP) is 5.43. The highest BCUT2D eigenvalue weighted by atomic mass is 16.4. The number of allylic oxidation sites excluding steroid dienone is 6. The van der Waals surface area contributed by atoms with E-state index < -0.39 is 5.97 Å². The van der Waals surface area contributed by atoms with Crippen molar-refractivity contribution >= 4 is 11.8 Å². The molecule has 152 valence electrons. The van der Waals surface area contributed by atoms with E-state index in [2.05, 4.69) is 39.0 Å². The van der Waals surface area contributed by atoms with Crippen LogP contribution in [0.5, 0.6) is 0 Å². The smallest absolute Gasteiger partial charge is 0.306 e. The van der Waals surface area contributed by atoms with Gasteiger partial charge in [0, 0.05) is 5.41 Å². The van der Waals surface area contributed by atoms with E-state index in [1.807, 2.05) is 13.0 Å². The van der Waals surface area contributed by atoms with Gasteiger partial charge >= 0.3 is 5.97 Å². The Balaban J connectivity index is 1.59. The van der Waals surface area contributed by atoms with Gasteiger partial charge in [-0.3, -0.25) is 9.59 Å². The van der Waals surface area contributed by atoms with Gasteiger partial charge in [0.05, 0.1) is 5.92 Å². The van der Waals surface area contributed by atoms with Crippen molar-refractivity contribution in [3.05, 3.63) is 36.0 Å². The summed E-state index contributed by atoms with van der Waals surface area (Å²) in [5.41, 5.74) is 1.47. The van der Waals surface area contributed by atoms with Crippen molar-refractivity contribution in [2.24, 2.45) is 46.3 Å². The molecule has 0 bridgehead atoms. The molecule has 1 N–H and O–H groups in total. The van der Waals surface area contributed by atoms with Crippen LogP contribution >= 0.6 is 0 Å². The quantitative estimate of drug-likeness (QED) is 0.705. The first-order valence-electron chi connectivity index (χ1n) is 11.0. The summed E-state index contributed by atoms with van der Waals surface area (Å²) in [6.07, 6.45) is 16.0. The normalized spacial score (nSPS) is 43.6. The number of fused-ring (bicyclic) bond motifs is 5. The number of ketones is 1. The summed E-state index contributed by atoms with van der Waals surface area (Å²) in [7, 11) is 0. The van der Waals surface area contributed by atoms with Gasteiger partial charge in [0.25, 0.3) is 0 Å². The minimum atomic E-state index is -0.670. The molecular weight excluding hydrogens is 348 g/mol. The molecule has 4 aliphatic rings. The van der Waals surface area contributed by atoms with Gasteiger partial charge in [-0.1, -0.05) is 45.9 Å². The van der Waals surface area contributed by atoms with Crippen LogP contribution < -0.4 is 0 Å². The standard InChI is InChI=1S/C25H34O3/c1-15(13-16(2)23(27)28)20-7-8-21-19-6-5-17-14-18(26)9-11-24(17,3)22(19)10-12-25(20,21)4/h5-6,9,11,14-16,19-22H,7-8,10,12-13H2,1-4H3,(H,27,28)/t15-,16?,19+,20-,21+,22+,24+,25-/m1/s1. The molecule has 0 spiro atoms. The van der Waals surface area contributed by atoms with Crippen LogP contribution in [0, 0.1) is 46.3 Å². The Morgan fingerprint density at radius 1 is 1.18 bits per heavy atom. The SMILES string of the molecule is CC(C[C@@H](C)[C@H]1CC[C@H]2[C@@H]3C=CC4=CC(=O)C=C[C@]4(C)[C@H]3CC[C@]12C)C(=O)O. The van der Waals surface area contributed by atoms with Crippen LogP contribution in [-0.4, -0.2) is 16.9 Å². The number of carboxylic acid groups (broad SMARTS) is 1. The largest absolute Gasteiger partial charge is 0.481 e. The second-order valence-electron chi connectivity index (χ2n) is 10.4. The van der Waals surface area contributed by atoms with Gasteiger partial charge in [-0.25, -0.2) is 0 Å². The number of rotatable bonds is 4. The van der Waals surface area contributed by atoms with E-state index in [0.717, 1.165) is 6.42 Å². The Hall–Kier alpha value is -1.64. The lowest BCUT2D eigenvalue weighted by Gasteiger charge is -2.55. The molecule has 0 radical (unpaired) electrons. The minimum absolute atomic E-state index is 0.0177. The highest BCUT2D eigenvalue weighted by molar-refractivity contribution is 6.01. The zero-order valence-corrected chi connectivity index (χ0v) is 17.7. The van der Waals surface area contributed by atoms with E-state index in [9.17, 15) is 14.7 Å². The molecule has 2 saturated carbocycles. The third kappa shape index (κ3) is 2.84. The highest BCUT2D eigenvalue weighted by Gasteiger charge is 2.58. The Kier molecular flexibility index (Phi) is 4.71. The van der Waals surface area contributed by atoms with Crippen LogP contribution in [-0.2, 0) is 9.59 Å². The van der Waals surface area contributed by atoms with E-state index in [1.54, 1.807) is 6.08 Å². The topological polar surface area (TPSA) is 54.4 Å². The lowest BCUT2D eigenvalue weighted by atomic mass is 9.49. The first-order chi connectivity index (χ1) is 13.2. The minimum Gasteiger partial charge on any atom is -0.481 e. The number of aliphatic carboxylic acids is 1. The van der Waals surface area contributed by atoms with Crippen LogP contribution in [0.3, 0.4) is 0 Å². The number of carboxylic acids is 1. The summed E-state index contributed by atoms with van der Waals surface area (Å²) in [6, 6.07) is 0. The fourth-order valence-corrected chi connectivity index (χ4v) is 7.45. The fraction of sp³-hybridized carbons (Fsp3) is 0.680. The monoisotopic (exact) mass is 382 g/mol. The molecule has 2 fully saturated rings. The molecule has 0 heterocycles. The van der Waals surface area contributed by atoms with Gasteiger partial charge in [-0.05, 0) is 84.8 Å². The average Bonchev–Trinajstić information content (AvgIpc) is 2.99. The van der Waals surface area contributed by atoms with Gasteiger partial charge in [0.1, 0.15) is 0 Å². The Labute approximate surface area is 169 Å². The van der Waals surface area contributed by atoms with Crippen LogP contribution in [0.25, 0.3) is 0 Å². The van der Waals surface area contributed by atoms with Crippen LogP contribution in [0.1, 0.15) is 59.8 Å². The molecule has 1 unspecified atom stereocenters. The lowest BCUT2D eigenvalue weighted by Crippen LogP contribution is -2.48. The maximum atomic E-state index is 11.9. The molecule has 3 heteroatoms. The Bertz CT molecular complexity index is 775. The molecule has 0 aromatic carbocycles. The molecule has 0 aromatic rings. The van der Waals surface area contributed by atoms with Crippen molar-refractivity contribution in [2.75, 3.05) is 0 Å². The maximum absolute atomic E-state index is 11.9. The summed E-state index contributed by atoms with van der Waals surface area (Å²) < 4.78 is 0. The van der Waals surface area contributed by atoms with E-state index in [0.29, 0.717) is 35.0 Å². The lowest BCUT2D eigenvalue weighted by molar-refractivity contribution is -0.142. The van der Waals surface area contributed by atoms with Crippen molar-refractivity contribution in [1.82, 2.24) is 0 Å². The molecule has 0 aromatic heterocycles. The van der Waals surface area contributed by atoms with E-state index in [4.69, 9.17) is 0 Å². The third-order valence-electron chi connectivity index (χ3n) is 9.02. The number of carbonyl (C=O) groups is 2. The summed E-state index contributed by atoms with van der Waals surface area (Å²) in [5.74, 6) is 2.03. The number of carbonyl (C=O) groups excluding carboxylic acids is 1. The van der Waals surface area contributed by atoms with E-state index in [1.165, 1.54) is 31.3 Å². The summed E-state index contributed by atoms with van der Waals surface area (Å²) in [5, 5.41) is 9.34. The van der Waals surface area contributed by atoms with Crippen molar-refractivity contribution in [3.63, 3.8) is 0 Å². The molecular formula is C25H34O3. The van der Waals surface area contributed by atoms with Crippen molar-refractivity contribution in [2.45, 2.75) is 59.8 Å². The number of hydrogen-bond donors (Lipinski definition) is 1. The van der Waals surface area contributed by atoms with Gasteiger partial charge in [-0.2, -0.15) is 0 Å². The second kappa shape index (κ2) is 6.71.